The lowest BCUT2D eigenvalue weighted by atomic mass is 9.92. The fraction of sp³-hybridized carbons (Fsp3) is 0.562. The number of rotatable bonds is 3. The van der Waals surface area contributed by atoms with Gasteiger partial charge in [-0.2, -0.15) is 0 Å². The largest absolute Gasteiger partial charge is 0.489 e. The molecule has 114 valence electrons. The van der Waals surface area contributed by atoms with Crippen molar-refractivity contribution in [3.63, 3.8) is 0 Å². The second-order valence-electron chi connectivity index (χ2n) is 6.19. The average Bonchev–Trinajstić information content (AvgIpc) is 2.77. The molecule has 0 spiro atoms. The standard InChI is InChI=1S/C16H22N2O2S/c1-11(2)20-13-6-4-5-12-14(13)17-15(21)18(12)16(3)7-9-19-10-8-16/h4-6,11H,7-10H2,1-3H3,(H,17,21). The van der Waals surface area contributed by atoms with Crippen molar-refractivity contribution >= 4 is 23.3 Å². The molecule has 4 nitrogen and oxygen atoms in total. The van der Waals surface area contributed by atoms with Crippen molar-refractivity contribution in [2.24, 2.45) is 0 Å². The van der Waals surface area contributed by atoms with Gasteiger partial charge in [-0.05, 0) is 58.0 Å². The predicted molar refractivity (Wildman–Crippen MR) is 86.6 cm³/mol. The Morgan fingerprint density at radius 1 is 1.33 bits per heavy atom. The zero-order chi connectivity index (χ0) is 15.0. The quantitative estimate of drug-likeness (QED) is 0.871. The van der Waals surface area contributed by atoms with E-state index in [0.29, 0.717) is 0 Å². The molecule has 2 heterocycles. The Bertz CT molecular complexity index is 696. The summed E-state index contributed by atoms with van der Waals surface area (Å²) in [6.07, 6.45) is 2.09. The van der Waals surface area contributed by atoms with Crippen LogP contribution in [0.1, 0.15) is 33.6 Å². The number of nitrogens with one attached hydrogen (secondary N) is 1. The second kappa shape index (κ2) is 5.46. The zero-order valence-electron chi connectivity index (χ0n) is 12.8. The first-order chi connectivity index (χ1) is 10.0. The Balaban J connectivity index is 2.16. The number of imidazole rings is 1. The third kappa shape index (κ3) is 2.60. The Kier molecular flexibility index (Phi) is 3.80. The lowest BCUT2D eigenvalue weighted by Gasteiger charge is -2.35. The van der Waals surface area contributed by atoms with Crippen LogP contribution in [0, 0.1) is 4.77 Å². The molecule has 1 aromatic carbocycles. The van der Waals surface area contributed by atoms with E-state index in [1.54, 1.807) is 0 Å². The van der Waals surface area contributed by atoms with Crippen molar-refractivity contribution < 1.29 is 9.47 Å². The molecule has 0 bridgehead atoms. The highest BCUT2D eigenvalue weighted by Gasteiger charge is 2.31. The number of hydrogen-bond acceptors (Lipinski definition) is 3. The van der Waals surface area contributed by atoms with E-state index in [1.165, 1.54) is 0 Å². The normalized spacial score (nSPS) is 18.3. The Hall–Kier alpha value is -1.33. The van der Waals surface area contributed by atoms with Crippen LogP contribution in [0.4, 0.5) is 0 Å². The molecule has 1 saturated heterocycles. The molecule has 1 N–H and O–H groups in total. The van der Waals surface area contributed by atoms with E-state index in [4.69, 9.17) is 21.7 Å². The van der Waals surface area contributed by atoms with Crippen molar-refractivity contribution in [1.82, 2.24) is 9.55 Å². The van der Waals surface area contributed by atoms with Gasteiger partial charge in [-0.3, -0.25) is 0 Å². The molecule has 1 aliphatic rings. The number of benzene rings is 1. The van der Waals surface area contributed by atoms with Crippen LogP contribution < -0.4 is 4.74 Å². The third-order valence-corrected chi connectivity index (χ3v) is 4.44. The first-order valence-electron chi connectivity index (χ1n) is 7.50. The maximum absolute atomic E-state index is 5.90. The highest BCUT2D eigenvalue weighted by molar-refractivity contribution is 7.71. The van der Waals surface area contributed by atoms with E-state index in [2.05, 4.69) is 22.5 Å². The van der Waals surface area contributed by atoms with E-state index in [9.17, 15) is 0 Å². The van der Waals surface area contributed by atoms with Crippen LogP contribution in [0.3, 0.4) is 0 Å². The molecule has 0 aliphatic carbocycles. The first kappa shape index (κ1) is 14.6. The average molecular weight is 306 g/mol. The fourth-order valence-corrected chi connectivity index (χ4v) is 3.45. The molecule has 2 aromatic rings. The van der Waals surface area contributed by atoms with E-state index in [-0.39, 0.29) is 11.6 Å². The first-order valence-corrected chi connectivity index (χ1v) is 7.91. The van der Waals surface area contributed by atoms with Crippen molar-refractivity contribution in [3.05, 3.63) is 23.0 Å². The van der Waals surface area contributed by atoms with E-state index in [1.807, 2.05) is 26.0 Å². The molecule has 0 radical (unpaired) electrons. The summed E-state index contributed by atoms with van der Waals surface area (Å²) < 4.78 is 14.4. The smallest absolute Gasteiger partial charge is 0.178 e. The summed E-state index contributed by atoms with van der Waals surface area (Å²) in [5.41, 5.74) is 2.11. The van der Waals surface area contributed by atoms with Crippen LogP contribution >= 0.6 is 12.2 Å². The summed E-state index contributed by atoms with van der Waals surface area (Å²) in [6.45, 7) is 7.89. The SMILES string of the molecule is CC(C)Oc1cccc2c1[nH]c(=S)n2C1(C)CCOCC1. The van der Waals surface area contributed by atoms with Gasteiger partial charge in [-0.1, -0.05) is 6.07 Å². The Morgan fingerprint density at radius 3 is 2.71 bits per heavy atom. The molecular formula is C16H22N2O2S. The van der Waals surface area contributed by atoms with Gasteiger partial charge in [-0.15, -0.1) is 0 Å². The number of hydrogen-bond donors (Lipinski definition) is 1. The van der Waals surface area contributed by atoms with Crippen molar-refractivity contribution in [2.75, 3.05) is 13.2 Å². The summed E-state index contributed by atoms with van der Waals surface area (Å²) in [5, 5.41) is 0. The summed E-state index contributed by atoms with van der Waals surface area (Å²) in [6, 6.07) is 6.13. The van der Waals surface area contributed by atoms with Crippen molar-refractivity contribution in [1.29, 1.82) is 0 Å². The summed E-state index contributed by atoms with van der Waals surface area (Å²) in [4.78, 5) is 3.34. The lowest BCUT2D eigenvalue weighted by Crippen LogP contribution is -2.36. The summed E-state index contributed by atoms with van der Waals surface area (Å²) >= 11 is 5.59. The molecule has 0 atom stereocenters. The van der Waals surface area contributed by atoms with Gasteiger partial charge in [0.05, 0.1) is 11.6 Å². The molecule has 3 rings (SSSR count). The number of fused-ring (bicyclic) bond motifs is 1. The topological polar surface area (TPSA) is 39.2 Å². The maximum atomic E-state index is 5.90. The van der Waals surface area contributed by atoms with Gasteiger partial charge in [-0.25, -0.2) is 0 Å². The van der Waals surface area contributed by atoms with Crippen LogP contribution in [0.2, 0.25) is 0 Å². The number of H-pyrrole nitrogens is 1. The Labute approximate surface area is 130 Å². The van der Waals surface area contributed by atoms with Gasteiger partial charge < -0.3 is 19.0 Å². The molecule has 0 unspecified atom stereocenters. The van der Waals surface area contributed by atoms with Gasteiger partial charge in [0.25, 0.3) is 0 Å². The highest BCUT2D eigenvalue weighted by Crippen LogP contribution is 2.35. The molecule has 5 heteroatoms. The number of aromatic nitrogens is 2. The third-order valence-electron chi connectivity index (χ3n) is 4.15. The molecule has 1 fully saturated rings. The van der Waals surface area contributed by atoms with Crippen molar-refractivity contribution in [3.8, 4) is 5.75 Å². The van der Waals surface area contributed by atoms with Gasteiger partial charge in [0, 0.05) is 18.8 Å². The minimum absolute atomic E-state index is 0.00401. The summed E-state index contributed by atoms with van der Waals surface area (Å²) in [5.74, 6) is 0.864. The van der Waals surface area contributed by atoms with E-state index in [0.717, 1.165) is 47.6 Å². The molecule has 0 amide bonds. The molecule has 1 aliphatic heterocycles. The van der Waals surface area contributed by atoms with Crippen LogP contribution in [0.15, 0.2) is 18.2 Å². The van der Waals surface area contributed by atoms with Gasteiger partial charge in [0.2, 0.25) is 0 Å². The zero-order valence-corrected chi connectivity index (χ0v) is 13.6. The minimum Gasteiger partial charge on any atom is -0.489 e. The highest BCUT2D eigenvalue weighted by atomic mass is 32.1. The van der Waals surface area contributed by atoms with E-state index < -0.39 is 0 Å². The molecule has 21 heavy (non-hydrogen) atoms. The van der Waals surface area contributed by atoms with Gasteiger partial charge in [0.1, 0.15) is 11.3 Å². The Morgan fingerprint density at radius 2 is 2.05 bits per heavy atom. The maximum Gasteiger partial charge on any atom is 0.178 e. The van der Waals surface area contributed by atoms with Crippen LogP contribution in [0.5, 0.6) is 5.75 Å². The molecule has 1 aromatic heterocycles. The number of aromatic amines is 1. The van der Waals surface area contributed by atoms with E-state index >= 15 is 0 Å². The summed E-state index contributed by atoms with van der Waals surface area (Å²) in [7, 11) is 0. The van der Waals surface area contributed by atoms with Gasteiger partial charge in [0.15, 0.2) is 4.77 Å². The van der Waals surface area contributed by atoms with Crippen molar-refractivity contribution in [2.45, 2.75) is 45.3 Å². The van der Waals surface area contributed by atoms with Crippen LogP contribution in [-0.2, 0) is 10.3 Å². The number of para-hydroxylation sites is 1. The van der Waals surface area contributed by atoms with Crippen LogP contribution in [0.25, 0.3) is 11.0 Å². The van der Waals surface area contributed by atoms with Crippen LogP contribution in [-0.4, -0.2) is 28.9 Å². The number of ether oxygens (including phenoxy) is 2. The number of nitrogens with zero attached hydrogens (tertiary/aromatic N) is 1. The minimum atomic E-state index is 0.00401. The second-order valence-corrected chi connectivity index (χ2v) is 6.58. The lowest BCUT2D eigenvalue weighted by molar-refractivity contribution is 0.0306. The molecular weight excluding hydrogens is 284 g/mol. The molecule has 0 saturated carbocycles. The monoisotopic (exact) mass is 306 g/mol. The fourth-order valence-electron chi connectivity index (χ4n) is 3.03. The van der Waals surface area contributed by atoms with Gasteiger partial charge >= 0.3 is 0 Å². The predicted octanol–water partition coefficient (Wildman–Crippen LogP) is 4.01.